The van der Waals surface area contributed by atoms with Gasteiger partial charge in [-0.15, -0.1) is 0 Å². The summed E-state index contributed by atoms with van der Waals surface area (Å²) in [6, 6.07) is 1.88. The number of aromatic nitrogens is 2. The second-order valence-corrected chi connectivity index (χ2v) is 4.23. The lowest BCUT2D eigenvalue weighted by Gasteiger charge is -2.17. The molecule has 0 bridgehead atoms. The molecule has 0 N–H and O–H groups in total. The van der Waals surface area contributed by atoms with Crippen LogP contribution in [0.4, 0.5) is 0 Å². The van der Waals surface area contributed by atoms with Crippen LogP contribution in [0.5, 0.6) is 0 Å². The lowest BCUT2D eigenvalue weighted by molar-refractivity contribution is 0.373. The van der Waals surface area contributed by atoms with Gasteiger partial charge in [0, 0.05) is 18.2 Å². The third-order valence-corrected chi connectivity index (χ3v) is 3.16. The van der Waals surface area contributed by atoms with Crippen molar-refractivity contribution in [2.75, 3.05) is 0 Å². The molecule has 1 fully saturated rings. The average Bonchev–Trinajstić information content (AvgIpc) is 2.74. The maximum atomic E-state index is 5.76. The first-order valence-corrected chi connectivity index (χ1v) is 5.64. The van der Waals surface area contributed by atoms with E-state index in [9.17, 15) is 0 Å². The van der Waals surface area contributed by atoms with Gasteiger partial charge < -0.3 is 4.42 Å². The maximum Gasteiger partial charge on any atom is 0.198 e. The second-order valence-electron chi connectivity index (χ2n) is 4.23. The van der Waals surface area contributed by atoms with Crippen LogP contribution in [0.15, 0.2) is 22.9 Å². The maximum absolute atomic E-state index is 5.76. The van der Waals surface area contributed by atoms with E-state index in [1.54, 1.807) is 12.4 Å². The first-order chi connectivity index (χ1) is 7.43. The summed E-state index contributed by atoms with van der Waals surface area (Å²) in [5.74, 6) is 1.45. The predicted molar refractivity (Wildman–Crippen MR) is 57.6 cm³/mol. The first-order valence-electron chi connectivity index (χ1n) is 5.64. The number of fused-ring (bicyclic) bond motifs is 1. The summed E-state index contributed by atoms with van der Waals surface area (Å²) >= 11 is 0. The molecule has 2 heterocycles. The Labute approximate surface area is 88.5 Å². The van der Waals surface area contributed by atoms with E-state index in [0.717, 1.165) is 17.0 Å². The van der Waals surface area contributed by atoms with Crippen LogP contribution in [0, 0.1) is 0 Å². The summed E-state index contributed by atoms with van der Waals surface area (Å²) in [6.07, 6.45) is 9.94. The molecular formula is C12H14N2O. The summed E-state index contributed by atoms with van der Waals surface area (Å²) in [4.78, 5) is 8.56. The third-order valence-electron chi connectivity index (χ3n) is 3.16. The highest BCUT2D eigenvalue weighted by atomic mass is 16.3. The number of rotatable bonds is 1. The van der Waals surface area contributed by atoms with Crippen molar-refractivity contribution in [3.63, 3.8) is 0 Å². The lowest BCUT2D eigenvalue weighted by Crippen LogP contribution is -2.04. The first kappa shape index (κ1) is 8.89. The molecule has 15 heavy (non-hydrogen) atoms. The topological polar surface area (TPSA) is 38.9 Å². The van der Waals surface area contributed by atoms with Crippen LogP contribution in [-0.4, -0.2) is 9.97 Å². The van der Waals surface area contributed by atoms with Crippen LogP contribution in [0.1, 0.15) is 43.9 Å². The van der Waals surface area contributed by atoms with Crippen LogP contribution < -0.4 is 0 Å². The van der Waals surface area contributed by atoms with Crippen molar-refractivity contribution in [1.82, 2.24) is 9.97 Å². The molecule has 0 aromatic carbocycles. The normalized spacial score (nSPS) is 18.4. The van der Waals surface area contributed by atoms with Crippen molar-refractivity contribution >= 4 is 11.1 Å². The standard InChI is InChI=1S/C12H14N2O/c1-2-4-9(5-3-1)12-14-10-8-13-7-6-11(10)15-12/h6-9H,1-5H2. The van der Waals surface area contributed by atoms with E-state index >= 15 is 0 Å². The van der Waals surface area contributed by atoms with E-state index in [4.69, 9.17) is 4.42 Å². The summed E-state index contributed by atoms with van der Waals surface area (Å²) in [6.45, 7) is 0. The molecule has 0 spiro atoms. The second kappa shape index (κ2) is 3.65. The highest BCUT2D eigenvalue weighted by Gasteiger charge is 2.20. The number of hydrogen-bond acceptors (Lipinski definition) is 3. The molecule has 0 amide bonds. The molecule has 1 saturated carbocycles. The number of oxazole rings is 1. The minimum absolute atomic E-state index is 0.533. The SMILES string of the molecule is c1cc2oc(C3CCCCC3)nc2cn1. The number of pyridine rings is 1. The van der Waals surface area contributed by atoms with Crippen LogP contribution in [0.2, 0.25) is 0 Å². The zero-order valence-corrected chi connectivity index (χ0v) is 8.65. The molecule has 3 nitrogen and oxygen atoms in total. The van der Waals surface area contributed by atoms with Crippen LogP contribution in [0.3, 0.4) is 0 Å². The molecule has 0 saturated heterocycles. The van der Waals surface area contributed by atoms with Crippen molar-refractivity contribution in [1.29, 1.82) is 0 Å². The minimum Gasteiger partial charge on any atom is -0.440 e. The van der Waals surface area contributed by atoms with Gasteiger partial charge in [-0.2, -0.15) is 0 Å². The molecule has 3 heteroatoms. The van der Waals surface area contributed by atoms with E-state index in [1.807, 2.05) is 6.07 Å². The molecule has 1 aliphatic carbocycles. The number of hydrogen-bond donors (Lipinski definition) is 0. The Balaban J connectivity index is 1.96. The van der Waals surface area contributed by atoms with Gasteiger partial charge in [0.25, 0.3) is 0 Å². The molecule has 2 aromatic heterocycles. The van der Waals surface area contributed by atoms with Gasteiger partial charge in [0.05, 0.1) is 6.20 Å². The Hall–Kier alpha value is -1.38. The smallest absolute Gasteiger partial charge is 0.198 e. The van der Waals surface area contributed by atoms with Gasteiger partial charge in [-0.25, -0.2) is 4.98 Å². The fourth-order valence-electron chi connectivity index (χ4n) is 2.32. The highest BCUT2D eigenvalue weighted by molar-refractivity contribution is 5.70. The monoisotopic (exact) mass is 202 g/mol. The summed E-state index contributed by atoms with van der Waals surface area (Å²) in [5, 5.41) is 0. The van der Waals surface area contributed by atoms with Gasteiger partial charge in [0.2, 0.25) is 0 Å². The van der Waals surface area contributed by atoms with Crippen molar-refractivity contribution in [2.45, 2.75) is 38.0 Å². The minimum atomic E-state index is 0.533. The van der Waals surface area contributed by atoms with Gasteiger partial charge >= 0.3 is 0 Å². The number of nitrogens with zero attached hydrogens (tertiary/aromatic N) is 2. The molecule has 0 radical (unpaired) electrons. The Bertz CT molecular complexity index is 424. The third kappa shape index (κ3) is 1.62. The Morgan fingerprint density at radius 2 is 2.07 bits per heavy atom. The molecular weight excluding hydrogens is 188 g/mol. The Kier molecular flexibility index (Phi) is 2.16. The predicted octanol–water partition coefficient (Wildman–Crippen LogP) is 3.27. The Morgan fingerprint density at radius 1 is 1.20 bits per heavy atom. The van der Waals surface area contributed by atoms with Crippen molar-refractivity contribution in [3.05, 3.63) is 24.4 Å². The highest BCUT2D eigenvalue weighted by Crippen LogP contribution is 2.33. The molecule has 2 aromatic rings. The molecule has 78 valence electrons. The largest absolute Gasteiger partial charge is 0.440 e. The summed E-state index contributed by atoms with van der Waals surface area (Å²) in [5.41, 5.74) is 1.75. The van der Waals surface area contributed by atoms with Gasteiger partial charge in [0.15, 0.2) is 11.5 Å². The van der Waals surface area contributed by atoms with Crippen molar-refractivity contribution in [3.8, 4) is 0 Å². The zero-order valence-electron chi connectivity index (χ0n) is 8.65. The molecule has 0 aliphatic heterocycles. The fraction of sp³-hybridized carbons (Fsp3) is 0.500. The zero-order chi connectivity index (χ0) is 10.1. The van der Waals surface area contributed by atoms with E-state index in [-0.39, 0.29) is 0 Å². The van der Waals surface area contributed by atoms with Gasteiger partial charge in [-0.3, -0.25) is 4.98 Å². The molecule has 0 unspecified atom stereocenters. The van der Waals surface area contributed by atoms with Gasteiger partial charge in [0.1, 0.15) is 5.52 Å². The summed E-state index contributed by atoms with van der Waals surface area (Å²) < 4.78 is 5.76. The fourth-order valence-corrected chi connectivity index (χ4v) is 2.32. The molecule has 0 atom stereocenters. The van der Waals surface area contributed by atoms with Crippen LogP contribution >= 0.6 is 0 Å². The van der Waals surface area contributed by atoms with E-state index < -0.39 is 0 Å². The quantitative estimate of drug-likeness (QED) is 0.712. The van der Waals surface area contributed by atoms with E-state index in [0.29, 0.717) is 5.92 Å². The van der Waals surface area contributed by atoms with Crippen LogP contribution in [0.25, 0.3) is 11.1 Å². The molecule has 3 rings (SSSR count). The lowest BCUT2D eigenvalue weighted by atomic mass is 9.89. The van der Waals surface area contributed by atoms with Gasteiger partial charge in [-0.05, 0) is 12.8 Å². The van der Waals surface area contributed by atoms with Crippen molar-refractivity contribution in [2.24, 2.45) is 0 Å². The van der Waals surface area contributed by atoms with E-state index in [2.05, 4.69) is 9.97 Å². The van der Waals surface area contributed by atoms with Gasteiger partial charge in [-0.1, -0.05) is 19.3 Å². The molecule has 1 aliphatic rings. The average molecular weight is 202 g/mol. The summed E-state index contributed by atoms with van der Waals surface area (Å²) in [7, 11) is 0. The Morgan fingerprint density at radius 3 is 2.87 bits per heavy atom. The van der Waals surface area contributed by atoms with Crippen molar-refractivity contribution < 1.29 is 4.42 Å². The van der Waals surface area contributed by atoms with Crippen LogP contribution in [-0.2, 0) is 0 Å². The van der Waals surface area contributed by atoms with E-state index in [1.165, 1.54) is 32.1 Å².